The second kappa shape index (κ2) is 8.34. The molecule has 4 bridgehead atoms. The summed E-state index contributed by atoms with van der Waals surface area (Å²) in [5, 5.41) is 15.6. The predicted octanol–water partition coefficient (Wildman–Crippen LogP) is 2.18. The van der Waals surface area contributed by atoms with Crippen LogP contribution < -0.4 is 15.4 Å². The van der Waals surface area contributed by atoms with Crippen molar-refractivity contribution in [2.75, 3.05) is 19.7 Å². The number of ether oxygens (including phenoxy) is 1. The minimum Gasteiger partial charge on any atom is -0.491 e. The van der Waals surface area contributed by atoms with Gasteiger partial charge in [0, 0.05) is 12.0 Å². The van der Waals surface area contributed by atoms with Crippen LogP contribution in [0.5, 0.6) is 5.75 Å². The maximum Gasteiger partial charge on any atom is 0.239 e. The van der Waals surface area contributed by atoms with E-state index in [4.69, 9.17) is 4.74 Å². The van der Waals surface area contributed by atoms with Gasteiger partial charge in [-0.15, -0.1) is 0 Å². The molecule has 2 amide bonds. The van der Waals surface area contributed by atoms with Crippen molar-refractivity contribution in [1.29, 1.82) is 0 Å². The van der Waals surface area contributed by atoms with Gasteiger partial charge >= 0.3 is 0 Å². The van der Waals surface area contributed by atoms with Crippen molar-refractivity contribution < 1.29 is 19.4 Å². The van der Waals surface area contributed by atoms with Crippen molar-refractivity contribution in [2.24, 2.45) is 23.2 Å². The number of aryl methyl sites for hydroxylation is 1. The Bertz CT molecular complexity index is 728. The van der Waals surface area contributed by atoms with Crippen LogP contribution in [0.4, 0.5) is 0 Å². The summed E-state index contributed by atoms with van der Waals surface area (Å²) in [6, 6.07) is 7.59. The Labute approximate surface area is 172 Å². The van der Waals surface area contributed by atoms with Crippen LogP contribution in [0.15, 0.2) is 24.3 Å². The van der Waals surface area contributed by atoms with Gasteiger partial charge in [0.25, 0.3) is 0 Å². The molecule has 6 nitrogen and oxygen atoms in total. The molecule has 4 fully saturated rings. The number of hydrogen-bond acceptors (Lipinski definition) is 4. The number of carbonyl (C=O) groups is 2. The van der Waals surface area contributed by atoms with E-state index in [1.54, 1.807) is 0 Å². The van der Waals surface area contributed by atoms with E-state index in [2.05, 4.69) is 10.6 Å². The number of benzene rings is 1. The van der Waals surface area contributed by atoms with Gasteiger partial charge in [-0.05, 0) is 80.9 Å². The number of nitrogens with one attached hydrogen (secondary N) is 2. The van der Waals surface area contributed by atoms with Gasteiger partial charge in [-0.2, -0.15) is 0 Å². The molecule has 0 aromatic heterocycles. The molecule has 29 heavy (non-hydrogen) atoms. The maximum atomic E-state index is 12.9. The fourth-order valence-corrected chi connectivity index (χ4v) is 5.99. The Balaban J connectivity index is 1.17. The molecule has 0 aliphatic heterocycles. The molecule has 0 saturated heterocycles. The summed E-state index contributed by atoms with van der Waals surface area (Å²) in [7, 11) is 0. The zero-order valence-electron chi connectivity index (χ0n) is 17.2. The second-order valence-corrected chi connectivity index (χ2v) is 9.47. The highest BCUT2D eigenvalue weighted by Crippen LogP contribution is 2.60. The van der Waals surface area contributed by atoms with Crippen LogP contribution in [-0.4, -0.2) is 42.7 Å². The number of aliphatic hydroxyl groups excluding tert-OH is 1. The Morgan fingerprint density at radius 3 is 2.41 bits per heavy atom. The molecule has 4 aliphatic rings. The third-order valence-electron chi connectivity index (χ3n) is 6.90. The van der Waals surface area contributed by atoms with Crippen LogP contribution in [0.25, 0.3) is 0 Å². The summed E-state index contributed by atoms with van der Waals surface area (Å²) >= 11 is 0. The molecule has 3 N–H and O–H groups in total. The number of amides is 2. The molecule has 0 heterocycles. The van der Waals surface area contributed by atoms with E-state index in [1.807, 2.05) is 31.2 Å². The summed E-state index contributed by atoms with van der Waals surface area (Å²) in [6.45, 7) is 2.13. The average molecular weight is 401 g/mol. The first-order valence-corrected chi connectivity index (χ1v) is 10.8. The van der Waals surface area contributed by atoms with Crippen LogP contribution in [-0.2, 0) is 9.59 Å². The van der Waals surface area contributed by atoms with Crippen LogP contribution in [0, 0.1) is 30.1 Å². The first-order chi connectivity index (χ1) is 13.9. The molecule has 1 aromatic carbocycles. The molecular weight excluding hydrogens is 368 g/mol. The molecular formula is C23H32N2O4. The maximum absolute atomic E-state index is 12.9. The van der Waals surface area contributed by atoms with Gasteiger partial charge in [0.15, 0.2) is 0 Å². The Morgan fingerprint density at radius 2 is 1.79 bits per heavy atom. The summed E-state index contributed by atoms with van der Waals surface area (Å²) < 4.78 is 5.55. The molecule has 0 spiro atoms. The highest BCUT2D eigenvalue weighted by Gasteiger charge is 2.54. The molecule has 4 aliphatic carbocycles. The third kappa shape index (κ3) is 4.74. The van der Waals surface area contributed by atoms with Gasteiger partial charge in [-0.1, -0.05) is 12.1 Å². The van der Waals surface area contributed by atoms with Gasteiger partial charge in [0.1, 0.15) is 18.5 Å². The zero-order chi connectivity index (χ0) is 20.4. The molecule has 1 atom stereocenters. The predicted molar refractivity (Wildman–Crippen MR) is 109 cm³/mol. The van der Waals surface area contributed by atoms with Crippen molar-refractivity contribution in [1.82, 2.24) is 10.6 Å². The lowest BCUT2D eigenvalue weighted by Crippen LogP contribution is -2.54. The van der Waals surface area contributed by atoms with E-state index < -0.39 is 6.10 Å². The highest BCUT2D eigenvalue weighted by atomic mass is 16.5. The first-order valence-electron chi connectivity index (χ1n) is 10.8. The van der Waals surface area contributed by atoms with Gasteiger partial charge in [-0.3, -0.25) is 9.59 Å². The van der Waals surface area contributed by atoms with E-state index in [0.29, 0.717) is 23.5 Å². The smallest absolute Gasteiger partial charge is 0.239 e. The van der Waals surface area contributed by atoms with E-state index in [9.17, 15) is 14.7 Å². The van der Waals surface area contributed by atoms with Gasteiger partial charge in [-0.25, -0.2) is 0 Å². The lowest BCUT2D eigenvalue weighted by molar-refractivity contribution is -0.147. The van der Waals surface area contributed by atoms with Crippen LogP contribution >= 0.6 is 0 Å². The quantitative estimate of drug-likeness (QED) is 0.624. The van der Waals surface area contributed by atoms with Gasteiger partial charge in [0.2, 0.25) is 11.8 Å². The number of aliphatic hydroxyl groups is 1. The zero-order valence-corrected chi connectivity index (χ0v) is 17.2. The van der Waals surface area contributed by atoms with Crippen molar-refractivity contribution in [3.63, 3.8) is 0 Å². The lowest BCUT2D eigenvalue weighted by Gasteiger charge is -2.55. The van der Waals surface area contributed by atoms with Crippen molar-refractivity contribution in [2.45, 2.75) is 51.6 Å². The van der Waals surface area contributed by atoms with Gasteiger partial charge < -0.3 is 20.5 Å². The largest absolute Gasteiger partial charge is 0.491 e. The SMILES string of the molecule is Cc1cccc(OCC(O)CNC(=O)CNC(=O)C23CC4CC(CC(C4)C2)C3)c1. The van der Waals surface area contributed by atoms with Crippen LogP contribution in [0.1, 0.15) is 44.1 Å². The molecule has 1 aromatic rings. The monoisotopic (exact) mass is 400 g/mol. The fraction of sp³-hybridized carbons (Fsp3) is 0.652. The normalized spacial score (nSPS) is 30.6. The second-order valence-electron chi connectivity index (χ2n) is 9.47. The third-order valence-corrected chi connectivity index (χ3v) is 6.90. The van der Waals surface area contributed by atoms with Gasteiger partial charge in [0.05, 0.1) is 6.54 Å². The summed E-state index contributed by atoms with van der Waals surface area (Å²) in [5.41, 5.74) is 0.844. The van der Waals surface area contributed by atoms with Crippen molar-refractivity contribution in [3.05, 3.63) is 29.8 Å². The summed E-state index contributed by atoms with van der Waals surface area (Å²) in [6.07, 6.45) is 6.02. The minimum absolute atomic E-state index is 0.0357. The van der Waals surface area contributed by atoms with Crippen molar-refractivity contribution >= 4 is 11.8 Å². The molecule has 158 valence electrons. The number of carbonyl (C=O) groups excluding carboxylic acids is 2. The molecule has 6 heteroatoms. The molecule has 0 radical (unpaired) electrons. The topological polar surface area (TPSA) is 87.7 Å². The lowest BCUT2D eigenvalue weighted by atomic mass is 9.49. The molecule has 1 unspecified atom stereocenters. The first kappa shape index (κ1) is 20.2. The van der Waals surface area contributed by atoms with E-state index >= 15 is 0 Å². The number of hydrogen-bond donors (Lipinski definition) is 3. The van der Waals surface area contributed by atoms with Crippen LogP contribution in [0.3, 0.4) is 0 Å². The standard InChI is InChI=1S/C23H32N2O4/c1-15-3-2-4-20(5-15)29-14-19(26)12-24-21(27)13-25-22(28)23-9-16-6-17(10-23)8-18(7-16)11-23/h2-5,16-19,26H,6-14H2,1H3,(H,24,27)(H,25,28). The molecule has 5 rings (SSSR count). The number of rotatable bonds is 8. The van der Waals surface area contributed by atoms with Crippen LogP contribution in [0.2, 0.25) is 0 Å². The molecule has 4 saturated carbocycles. The highest BCUT2D eigenvalue weighted by molar-refractivity contribution is 5.88. The van der Waals surface area contributed by atoms with E-state index in [1.165, 1.54) is 19.3 Å². The minimum atomic E-state index is -0.807. The summed E-state index contributed by atoms with van der Waals surface area (Å²) in [5.74, 6) is 2.56. The fourth-order valence-electron chi connectivity index (χ4n) is 5.99. The Kier molecular flexibility index (Phi) is 5.81. The van der Waals surface area contributed by atoms with Crippen molar-refractivity contribution in [3.8, 4) is 5.75 Å². The summed E-state index contributed by atoms with van der Waals surface area (Å²) in [4.78, 5) is 25.0. The van der Waals surface area contributed by atoms with E-state index in [-0.39, 0.29) is 36.9 Å². The van der Waals surface area contributed by atoms with E-state index in [0.717, 1.165) is 24.8 Å². The average Bonchev–Trinajstić information content (AvgIpc) is 2.68. The Hall–Kier alpha value is -2.08. The Morgan fingerprint density at radius 1 is 1.14 bits per heavy atom.